The molecule has 0 unspecified atom stereocenters. The monoisotopic (exact) mass is 461 g/mol. The lowest BCUT2D eigenvalue weighted by Gasteiger charge is -2.22. The maximum atomic E-state index is 13.0. The molecule has 8 nitrogen and oxygen atoms in total. The van der Waals surface area contributed by atoms with Crippen molar-refractivity contribution in [1.82, 2.24) is 14.7 Å². The van der Waals surface area contributed by atoms with Gasteiger partial charge in [0.2, 0.25) is 11.8 Å². The predicted molar refractivity (Wildman–Crippen MR) is 127 cm³/mol. The van der Waals surface area contributed by atoms with Crippen LogP contribution in [0.25, 0.3) is 11.3 Å². The number of amides is 1. The fourth-order valence-electron chi connectivity index (χ4n) is 3.69. The zero-order valence-corrected chi connectivity index (χ0v) is 19.4. The third kappa shape index (κ3) is 5.13. The molecule has 0 saturated heterocycles. The number of aromatic nitrogens is 2. The Labute approximate surface area is 198 Å². The Hall–Kier alpha value is -4.04. The first-order valence-corrected chi connectivity index (χ1v) is 10.8. The minimum Gasteiger partial charge on any atom is -0.493 e. The van der Waals surface area contributed by atoms with Gasteiger partial charge in [-0.1, -0.05) is 42.5 Å². The molecule has 176 valence electrons. The SMILES string of the molecule is COCC(=O)N(Cc1ccco1)Cc1c(-c2ccccc2)nn(C)c1Oc1ccccc1OC. The molecular formula is C26H27N3O5. The van der Waals surface area contributed by atoms with Crippen molar-refractivity contribution >= 4 is 5.91 Å². The number of carbonyl (C=O) groups excluding carboxylic acids is 1. The van der Waals surface area contributed by atoms with E-state index in [2.05, 4.69) is 0 Å². The number of rotatable bonds is 10. The van der Waals surface area contributed by atoms with Crippen LogP contribution in [0.2, 0.25) is 0 Å². The second-order valence-electron chi connectivity index (χ2n) is 7.64. The summed E-state index contributed by atoms with van der Waals surface area (Å²) in [5.41, 5.74) is 2.40. The smallest absolute Gasteiger partial charge is 0.249 e. The molecule has 0 saturated carbocycles. The van der Waals surface area contributed by atoms with Gasteiger partial charge in [0.15, 0.2) is 11.5 Å². The average molecular weight is 462 g/mol. The zero-order valence-electron chi connectivity index (χ0n) is 19.4. The fourth-order valence-corrected chi connectivity index (χ4v) is 3.69. The maximum Gasteiger partial charge on any atom is 0.249 e. The lowest BCUT2D eigenvalue weighted by Crippen LogP contribution is -2.33. The highest BCUT2D eigenvalue weighted by atomic mass is 16.5. The van der Waals surface area contributed by atoms with Gasteiger partial charge in [-0.3, -0.25) is 4.79 Å². The van der Waals surface area contributed by atoms with Crippen LogP contribution in [0, 0.1) is 0 Å². The summed E-state index contributed by atoms with van der Waals surface area (Å²) in [6.07, 6.45) is 1.59. The minimum absolute atomic E-state index is 0.0513. The number of furan rings is 1. The second-order valence-corrected chi connectivity index (χ2v) is 7.64. The number of hydrogen-bond donors (Lipinski definition) is 0. The zero-order chi connectivity index (χ0) is 23.9. The van der Waals surface area contributed by atoms with Gasteiger partial charge in [0.1, 0.15) is 18.1 Å². The number of methoxy groups -OCH3 is 2. The molecule has 0 bridgehead atoms. The summed E-state index contributed by atoms with van der Waals surface area (Å²) in [6, 6.07) is 20.8. The Kier molecular flexibility index (Phi) is 7.29. The van der Waals surface area contributed by atoms with Crippen LogP contribution in [-0.2, 0) is 29.7 Å². The normalized spacial score (nSPS) is 10.8. The van der Waals surface area contributed by atoms with Crippen molar-refractivity contribution in [2.75, 3.05) is 20.8 Å². The highest BCUT2D eigenvalue weighted by Gasteiger charge is 2.25. The van der Waals surface area contributed by atoms with Crippen LogP contribution in [-0.4, -0.2) is 41.4 Å². The summed E-state index contributed by atoms with van der Waals surface area (Å²) < 4.78 is 24.1. The molecule has 2 heterocycles. The lowest BCUT2D eigenvalue weighted by atomic mass is 10.1. The van der Waals surface area contributed by atoms with Crippen LogP contribution in [0.5, 0.6) is 17.4 Å². The van der Waals surface area contributed by atoms with Gasteiger partial charge in [0.05, 0.1) is 32.0 Å². The van der Waals surface area contributed by atoms with E-state index >= 15 is 0 Å². The van der Waals surface area contributed by atoms with E-state index in [4.69, 9.17) is 23.7 Å². The third-order valence-electron chi connectivity index (χ3n) is 5.31. The number of hydrogen-bond acceptors (Lipinski definition) is 6. The summed E-state index contributed by atoms with van der Waals surface area (Å²) in [5, 5.41) is 4.75. The van der Waals surface area contributed by atoms with Crippen LogP contribution >= 0.6 is 0 Å². The van der Waals surface area contributed by atoms with Gasteiger partial charge >= 0.3 is 0 Å². The number of ether oxygens (including phenoxy) is 3. The molecule has 4 aromatic rings. The Morgan fingerprint density at radius 3 is 2.38 bits per heavy atom. The molecule has 2 aromatic heterocycles. The van der Waals surface area contributed by atoms with Crippen molar-refractivity contribution in [3.05, 3.63) is 84.3 Å². The van der Waals surface area contributed by atoms with Crippen LogP contribution < -0.4 is 9.47 Å². The fraction of sp³-hybridized carbons (Fsp3) is 0.231. The van der Waals surface area contributed by atoms with Crippen molar-refractivity contribution in [1.29, 1.82) is 0 Å². The van der Waals surface area contributed by atoms with E-state index < -0.39 is 0 Å². The molecule has 0 aliphatic rings. The molecule has 34 heavy (non-hydrogen) atoms. The molecule has 1 amide bonds. The van der Waals surface area contributed by atoms with E-state index in [0.717, 1.165) is 16.8 Å². The van der Waals surface area contributed by atoms with Crippen LogP contribution in [0.15, 0.2) is 77.4 Å². The van der Waals surface area contributed by atoms with Gasteiger partial charge in [-0.2, -0.15) is 5.10 Å². The van der Waals surface area contributed by atoms with Gasteiger partial charge in [0.25, 0.3) is 0 Å². The molecular weight excluding hydrogens is 434 g/mol. The van der Waals surface area contributed by atoms with Gasteiger partial charge < -0.3 is 23.5 Å². The van der Waals surface area contributed by atoms with E-state index in [0.29, 0.717) is 23.1 Å². The van der Waals surface area contributed by atoms with E-state index in [1.54, 1.807) is 29.0 Å². The topological polar surface area (TPSA) is 79.0 Å². The third-order valence-corrected chi connectivity index (χ3v) is 5.31. The largest absolute Gasteiger partial charge is 0.493 e. The Morgan fingerprint density at radius 2 is 1.71 bits per heavy atom. The van der Waals surface area contributed by atoms with Crippen molar-refractivity contribution in [3.8, 4) is 28.6 Å². The van der Waals surface area contributed by atoms with Gasteiger partial charge in [0, 0.05) is 19.7 Å². The first-order chi connectivity index (χ1) is 16.6. The molecule has 4 rings (SSSR count). The van der Waals surface area contributed by atoms with E-state index in [1.807, 2.05) is 67.7 Å². The number of benzene rings is 2. The predicted octanol–water partition coefficient (Wildman–Crippen LogP) is 4.66. The number of nitrogens with zero attached hydrogens (tertiary/aromatic N) is 3. The van der Waals surface area contributed by atoms with Crippen LogP contribution in [0.1, 0.15) is 11.3 Å². The quantitative estimate of drug-likeness (QED) is 0.342. The van der Waals surface area contributed by atoms with Crippen LogP contribution in [0.4, 0.5) is 0 Å². The molecule has 0 fully saturated rings. The molecule has 8 heteroatoms. The van der Waals surface area contributed by atoms with E-state index in [1.165, 1.54) is 7.11 Å². The molecule has 0 aliphatic heterocycles. The Balaban J connectivity index is 1.78. The maximum absolute atomic E-state index is 13.0. The Bertz CT molecular complexity index is 1220. The first-order valence-electron chi connectivity index (χ1n) is 10.8. The van der Waals surface area contributed by atoms with Crippen molar-refractivity contribution < 1.29 is 23.4 Å². The standard InChI is InChI=1S/C26H27N3O5/c1-28-26(34-23-14-8-7-13-22(23)32-3)21(25(27-28)19-10-5-4-6-11-19)17-29(24(30)18-31-2)16-20-12-9-15-33-20/h4-15H,16-18H2,1-3H3. The minimum atomic E-state index is -0.176. The Morgan fingerprint density at radius 1 is 0.971 bits per heavy atom. The number of para-hydroxylation sites is 2. The summed E-state index contributed by atoms with van der Waals surface area (Å²) >= 11 is 0. The summed E-state index contributed by atoms with van der Waals surface area (Å²) in [5.74, 6) is 2.15. The molecule has 2 aromatic carbocycles. The van der Waals surface area contributed by atoms with Crippen LogP contribution in [0.3, 0.4) is 0 Å². The molecule has 0 atom stereocenters. The van der Waals surface area contributed by atoms with Crippen molar-refractivity contribution in [3.63, 3.8) is 0 Å². The second kappa shape index (κ2) is 10.7. The molecule has 0 aliphatic carbocycles. The lowest BCUT2D eigenvalue weighted by molar-refractivity contribution is -0.136. The highest BCUT2D eigenvalue weighted by Crippen LogP contribution is 2.37. The summed E-state index contributed by atoms with van der Waals surface area (Å²) in [6.45, 7) is 0.474. The number of aryl methyl sites for hydroxylation is 1. The van der Waals surface area contributed by atoms with E-state index in [9.17, 15) is 4.79 Å². The van der Waals surface area contributed by atoms with E-state index in [-0.39, 0.29) is 25.6 Å². The number of carbonyl (C=O) groups is 1. The van der Waals surface area contributed by atoms with Gasteiger partial charge in [-0.25, -0.2) is 4.68 Å². The van der Waals surface area contributed by atoms with Crippen molar-refractivity contribution in [2.24, 2.45) is 7.05 Å². The average Bonchev–Trinajstić information content (AvgIpc) is 3.48. The summed E-state index contributed by atoms with van der Waals surface area (Å²) in [7, 11) is 4.91. The van der Waals surface area contributed by atoms with Gasteiger partial charge in [-0.05, 0) is 24.3 Å². The first kappa shape index (κ1) is 23.1. The highest BCUT2D eigenvalue weighted by molar-refractivity contribution is 5.78. The molecule has 0 radical (unpaired) electrons. The van der Waals surface area contributed by atoms with Crippen molar-refractivity contribution in [2.45, 2.75) is 13.1 Å². The molecule has 0 spiro atoms. The summed E-state index contributed by atoms with van der Waals surface area (Å²) in [4.78, 5) is 14.6. The van der Waals surface area contributed by atoms with Gasteiger partial charge in [-0.15, -0.1) is 0 Å². The molecule has 0 N–H and O–H groups in total.